The molecule has 1 aromatic heterocycles. The van der Waals surface area contributed by atoms with Crippen LogP contribution >= 0.6 is 0 Å². The second-order valence-electron chi connectivity index (χ2n) is 17.7. The Labute approximate surface area is 364 Å². The van der Waals surface area contributed by atoms with Gasteiger partial charge in [-0.25, -0.2) is 4.98 Å². The number of hydrogen-bond acceptors (Lipinski definition) is 14. The van der Waals surface area contributed by atoms with Crippen LogP contribution in [0.2, 0.25) is 0 Å². The second-order valence-corrected chi connectivity index (χ2v) is 17.7. The Kier molecular flexibility index (Phi) is 12.4. The van der Waals surface area contributed by atoms with Crippen LogP contribution in [0.5, 0.6) is 11.5 Å². The van der Waals surface area contributed by atoms with Crippen molar-refractivity contribution in [1.82, 2.24) is 4.98 Å². The Balaban J connectivity index is 1.48. The lowest BCUT2D eigenvalue weighted by Crippen LogP contribution is -2.45. The highest BCUT2D eigenvalue weighted by Crippen LogP contribution is 2.42. The fraction of sp³-hybridized carbons (Fsp3) is 0.479. The Morgan fingerprint density at radius 2 is 1.60 bits per heavy atom. The molecule has 4 aliphatic rings. The number of aliphatic hydroxyl groups excluding tert-OH is 3. The number of phenolic OH excluding ortho intramolecular Hbond substituents is 1. The lowest BCUT2D eigenvalue weighted by Gasteiger charge is -2.37. The van der Waals surface area contributed by atoms with Crippen molar-refractivity contribution in [3.8, 4) is 11.5 Å². The van der Waals surface area contributed by atoms with Crippen LogP contribution in [0.3, 0.4) is 0 Å². The average Bonchev–Trinajstić information content (AvgIpc) is 3.52. The fourth-order valence-corrected chi connectivity index (χ4v) is 9.08. The summed E-state index contributed by atoms with van der Waals surface area (Å²) in [4.78, 5) is 61.8. The van der Waals surface area contributed by atoms with Crippen molar-refractivity contribution < 1.29 is 48.6 Å². The zero-order chi connectivity index (χ0) is 45.8. The number of aliphatic hydroxyl groups is 3. The maximum atomic E-state index is 14.8. The normalized spacial score (nSPS) is 30.5. The van der Waals surface area contributed by atoms with E-state index in [0.29, 0.717) is 5.69 Å². The van der Waals surface area contributed by atoms with Gasteiger partial charge in [0.2, 0.25) is 10.9 Å². The summed E-state index contributed by atoms with van der Waals surface area (Å²) in [6.45, 7) is 16.2. The fourth-order valence-electron chi connectivity index (χ4n) is 9.08. The number of allylic oxidation sites excluding steroid dienone is 3. The van der Waals surface area contributed by atoms with E-state index in [4.69, 9.17) is 23.6 Å². The Morgan fingerprint density at radius 3 is 2.29 bits per heavy atom. The van der Waals surface area contributed by atoms with Crippen molar-refractivity contribution in [1.29, 1.82) is 0 Å². The van der Waals surface area contributed by atoms with Crippen LogP contribution in [-0.2, 0) is 19.1 Å². The molecule has 0 aliphatic carbocycles. The van der Waals surface area contributed by atoms with Gasteiger partial charge in [-0.2, -0.15) is 0 Å². The quantitative estimate of drug-likeness (QED) is 0.0865. The first-order valence-corrected chi connectivity index (χ1v) is 21.6. The van der Waals surface area contributed by atoms with E-state index in [0.717, 1.165) is 32.4 Å². The van der Waals surface area contributed by atoms with Gasteiger partial charge in [-0.15, -0.1) is 0 Å². The predicted octanol–water partition coefficient (Wildman–Crippen LogP) is 6.17. The Bertz CT molecular complexity index is 2770. The molecular formula is C48H57N3O12. The van der Waals surface area contributed by atoms with Crippen LogP contribution in [0.15, 0.2) is 62.3 Å². The SMILES string of the molecule is CC(=O)O[C@H]1[C@H](C)[C@H](O)[C@H](C)[C@@H](O)[C@@H](C)/C=C/C=C(/C)C(=O)Nc2c(=O)c3c(O)c(C)c4c(c3c3nc5c(=O)cc(N6CCCCC6)cc5oc23)=C(O)[C@@](C)(O/C=C/[C@H](C)[C@H]1C)O4. The molecular weight excluding hydrogens is 811 g/mol. The van der Waals surface area contributed by atoms with E-state index in [1.165, 1.54) is 46.1 Å². The topological polar surface area (TPSA) is 218 Å². The van der Waals surface area contributed by atoms with Gasteiger partial charge < -0.3 is 49.3 Å². The molecule has 1 saturated heterocycles. The molecule has 0 radical (unpaired) electrons. The highest BCUT2D eigenvalue weighted by atomic mass is 16.7. The van der Waals surface area contributed by atoms with Gasteiger partial charge in [0.15, 0.2) is 22.4 Å². The van der Waals surface area contributed by atoms with E-state index in [-0.39, 0.29) is 72.6 Å². The van der Waals surface area contributed by atoms with Crippen LogP contribution in [0.4, 0.5) is 11.4 Å². The summed E-state index contributed by atoms with van der Waals surface area (Å²) >= 11 is 0. The average molecular weight is 868 g/mol. The van der Waals surface area contributed by atoms with Gasteiger partial charge in [-0.3, -0.25) is 19.2 Å². The van der Waals surface area contributed by atoms with Gasteiger partial charge in [-0.05, 0) is 51.0 Å². The molecule has 336 valence electrons. The number of anilines is 2. The summed E-state index contributed by atoms with van der Waals surface area (Å²) in [6.07, 6.45) is 7.85. The lowest BCUT2D eigenvalue weighted by molar-refractivity contribution is -0.158. The standard InChI is InChI=1S/C48H57N3O12/c1-22-16-19-60-48(9)46(58)35-33-34(41(56)28(7)44(35)63-48)42(57)38(45-37(33)49-36-31(53)20-30(21-32(36)62-45)51-17-11-10-12-18-51)50-47(59)24(3)15-13-14-23(2)39(54)26(5)40(55)27(6)43(25(22)4)61-29(8)52/h13-16,19-23,25-27,39-40,43,54-56,58H,10-12,17-18H2,1-9H3,(H,50,59)/b14-13+,19-16+,24-15-/t22-,23-,25+,26+,27+,39-,40+,43+,48-/m0/s1. The Morgan fingerprint density at radius 1 is 0.905 bits per heavy atom. The number of amides is 1. The number of aromatic nitrogens is 1. The van der Waals surface area contributed by atoms with Crippen LogP contribution in [0.1, 0.15) is 80.2 Å². The van der Waals surface area contributed by atoms with E-state index in [2.05, 4.69) is 10.2 Å². The molecule has 4 aliphatic heterocycles. The number of fused-ring (bicyclic) bond motifs is 14. The van der Waals surface area contributed by atoms with E-state index in [1.54, 1.807) is 45.1 Å². The largest absolute Gasteiger partial charge is 0.507 e. The van der Waals surface area contributed by atoms with Gasteiger partial charge >= 0.3 is 11.8 Å². The molecule has 3 aromatic carbocycles. The number of phenols is 1. The Hall–Kier alpha value is -5.93. The molecule has 0 spiro atoms. The first-order chi connectivity index (χ1) is 29.7. The molecule has 15 heteroatoms. The molecule has 5 heterocycles. The van der Waals surface area contributed by atoms with Gasteiger partial charge in [0.25, 0.3) is 5.91 Å². The smallest absolute Gasteiger partial charge is 0.307 e. The van der Waals surface area contributed by atoms with Crippen LogP contribution < -0.4 is 31.0 Å². The van der Waals surface area contributed by atoms with Crippen molar-refractivity contribution in [3.63, 3.8) is 0 Å². The molecule has 0 saturated carbocycles. The summed E-state index contributed by atoms with van der Waals surface area (Å²) in [6, 6.07) is 3.16. The van der Waals surface area contributed by atoms with Gasteiger partial charge in [0, 0.05) is 79.0 Å². The summed E-state index contributed by atoms with van der Waals surface area (Å²) < 4.78 is 24.6. The van der Waals surface area contributed by atoms with Crippen LogP contribution in [0, 0.1) is 36.5 Å². The summed E-state index contributed by atoms with van der Waals surface area (Å²) in [5.74, 6) is -6.68. The van der Waals surface area contributed by atoms with Crippen molar-refractivity contribution in [2.24, 2.45) is 29.6 Å². The van der Waals surface area contributed by atoms with Crippen molar-refractivity contribution in [3.05, 3.63) is 79.5 Å². The molecule has 9 atom stereocenters. The lowest BCUT2D eigenvalue weighted by atomic mass is 9.77. The third-order valence-corrected chi connectivity index (χ3v) is 13.3. The molecule has 1 amide bonds. The third kappa shape index (κ3) is 8.12. The summed E-state index contributed by atoms with van der Waals surface area (Å²) in [7, 11) is 0. The van der Waals surface area contributed by atoms with Gasteiger partial charge in [0.05, 0.1) is 29.1 Å². The van der Waals surface area contributed by atoms with E-state index >= 15 is 0 Å². The molecule has 8 rings (SSSR count). The minimum Gasteiger partial charge on any atom is -0.507 e. The summed E-state index contributed by atoms with van der Waals surface area (Å²) in [5.41, 5.74) is -1.14. The molecule has 5 bridgehead atoms. The van der Waals surface area contributed by atoms with Crippen molar-refractivity contribution in [2.45, 2.75) is 106 Å². The summed E-state index contributed by atoms with van der Waals surface area (Å²) in [5, 5.41) is 49.1. The maximum absolute atomic E-state index is 14.8. The maximum Gasteiger partial charge on any atom is 0.307 e. The number of ether oxygens (including phenoxy) is 3. The highest BCUT2D eigenvalue weighted by molar-refractivity contribution is 6.16. The number of rotatable bonds is 2. The van der Waals surface area contributed by atoms with Gasteiger partial charge in [0.1, 0.15) is 28.8 Å². The minimum atomic E-state index is -1.92. The molecule has 63 heavy (non-hydrogen) atoms. The molecule has 5 N–H and O–H groups in total. The number of carbonyl (C=O) groups excluding carboxylic acids is 2. The number of benzene rings is 3. The number of aromatic hydroxyl groups is 1. The number of hydrogen-bond donors (Lipinski definition) is 5. The number of carbonyl (C=O) groups is 2. The first-order valence-electron chi connectivity index (χ1n) is 21.6. The van der Waals surface area contributed by atoms with E-state index in [1.807, 2.05) is 13.8 Å². The number of nitrogens with one attached hydrogen (secondary N) is 1. The molecule has 1 fully saturated rings. The monoisotopic (exact) mass is 867 g/mol. The van der Waals surface area contributed by atoms with Crippen LogP contribution in [0.25, 0.3) is 38.7 Å². The van der Waals surface area contributed by atoms with Crippen LogP contribution in [-0.4, -0.2) is 74.5 Å². The zero-order valence-corrected chi connectivity index (χ0v) is 37.1. The highest BCUT2D eigenvalue weighted by Gasteiger charge is 2.44. The third-order valence-electron chi connectivity index (χ3n) is 13.3. The first kappa shape index (κ1) is 45.1. The number of nitrogens with zero attached hydrogens (tertiary/aromatic N) is 2. The van der Waals surface area contributed by atoms with Crippen molar-refractivity contribution in [2.75, 3.05) is 23.3 Å². The molecule has 0 unspecified atom stereocenters. The number of piperidine rings is 1. The zero-order valence-electron chi connectivity index (χ0n) is 37.1. The van der Waals surface area contributed by atoms with Crippen molar-refractivity contribution >= 4 is 62.0 Å². The minimum absolute atomic E-state index is 0.0173. The predicted molar refractivity (Wildman–Crippen MR) is 239 cm³/mol. The second kappa shape index (κ2) is 17.3. The van der Waals surface area contributed by atoms with Gasteiger partial charge in [-0.1, -0.05) is 52.8 Å². The molecule has 4 aromatic rings. The number of esters is 1. The van der Waals surface area contributed by atoms with E-state index in [9.17, 15) is 39.6 Å². The molecule has 15 nitrogen and oxygen atoms in total. The van der Waals surface area contributed by atoms with E-state index < -0.39 is 76.1 Å².